The van der Waals surface area contributed by atoms with Crippen molar-refractivity contribution < 1.29 is 26.7 Å². The third-order valence-corrected chi connectivity index (χ3v) is 6.30. The van der Waals surface area contributed by atoms with Gasteiger partial charge in [-0.15, -0.1) is 0 Å². The van der Waals surface area contributed by atoms with Crippen LogP contribution in [0.3, 0.4) is 0 Å². The quantitative estimate of drug-likeness (QED) is 0.824. The van der Waals surface area contributed by atoms with Gasteiger partial charge in [-0.2, -0.15) is 17.0 Å². The summed E-state index contributed by atoms with van der Waals surface area (Å²) in [5, 5.41) is 2.42. The Bertz CT molecular complexity index is 743. The molecule has 3 rings (SSSR count). The van der Waals surface area contributed by atoms with Gasteiger partial charge in [0.2, 0.25) is 0 Å². The lowest BCUT2D eigenvalue weighted by molar-refractivity contribution is 0.0691. The van der Waals surface area contributed by atoms with Crippen LogP contribution in [0.15, 0.2) is 18.2 Å². The molecule has 0 unspecified atom stereocenters. The van der Waals surface area contributed by atoms with Gasteiger partial charge in [-0.05, 0) is 12.1 Å². The van der Waals surface area contributed by atoms with Gasteiger partial charge in [-0.3, -0.25) is 0 Å². The van der Waals surface area contributed by atoms with E-state index in [1.54, 1.807) is 0 Å². The van der Waals surface area contributed by atoms with Crippen LogP contribution >= 0.6 is 0 Å². The number of carbonyl (C=O) groups excluding carboxylic acids is 1. The first-order chi connectivity index (χ1) is 12.4. The van der Waals surface area contributed by atoms with Crippen LogP contribution in [0.4, 0.5) is 19.3 Å². The molecule has 1 N–H and O–H groups in total. The molecule has 2 amide bonds. The van der Waals surface area contributed by atoms with Crippen LogP contribution in [0, 0.1) is 11.6 Å². The molecule has 2 fully saturated rings. The largest absolute Gasteiger partial charge is 0.379 e. The molecule has 0 aliphatic carbocycles. The maximum Gasteiger partial charge on any atom is 0.321 e. The minimum Gasteiger partial charge on any atom is -0.379 e. The zero-order chi connectivity index (χ0) is 18.7. The molecule has 0 bridgehead atoms. The highest BCUT2D eigenvalue weighted by molar-refractivity contribution is 7.86. The van der Waals surface area contributed by atoms with Gasteiger partial charge >= 0.3 is 6.03 Å². The second kappa shape index (κ2) is 7.82. The van der Waals surface area contributed by atoms with Gasteiger partial charge in [-0.25, -0.2) is 13.6 Å². The maximum atomic E-state index is 13.2. The predicted octanol–water partition coefficient (Wildman–Crippen LogP) is 0.691. The van der Waals surface area contributed by atoms with E-state index < -0.39 is 27.9 Å². The molecule has 1 aromatic rings. The van der Waals surface area contributed by atoms with E-state index in [2.05, 4.69) is 5.32 Å². The summed E-state index contributed by atoms with van der Waals surface area (Å²) in [5.41, 5.74) is 0.0101. The fraction of sp³-hybridized carbons (Fsp3) is 0.533. The number of hydrogen-bond acceptors (Lipinski definition) is 4. The number of rotatable bonds is 3. The molecule has 0 radical (unpaired) electrons. The molecule has 2 aliphatic heterocycles. The number of halogens is 2. The van der Waals surface area contributed by atoms with E-state index in [1.807, 2.05) is 0 Å². The number of ether oxygens (including phenoxy) is 1. The number of piperazine rings is 1. The molecule has 2 heterocycles. The topological polar surface area (TPSA) is 82.2 Å². The third kappa shape index (κ3) is 4.29. The predicted molar refractivity (Wildman–Crippen MR) is 89.8 cm³/mol. The van der Waals surface area contributed by atoms with Crippen molar-refractivity contribution in [3.05, 3.63) is 29.8 Å². The Kier molecular flexibility index (Phi) is 5.70. The number of urea groups is 1. The van der Waals surface area contributed by atoms with Gasteiger partial charge in [0.1, 0.15) is 11.6 Å². The first-order valence-electron chi connectivity index (χ1n) is 8.21. The molecule has 11 heteroatoms. The minimum atomic E-state index is -3.58. The molecule has 1 aromatic carbocycles. The second-order valence-corrected chi connectivity index (χ2v) is 7.92. The van der Waals surface area contributed by atoms with Gasteiger partial charge in [-0.1, -0.05) is 0 Å². The number of hydrogen-bond donors (Lipinski definition) is 1. The first kappa shape index (κ1) is 19.0. The van der Waals surface area contributed by atoms with Crippen LogP contribution in [-0.2, 0) is 14.9 Å². The zero-order valence-electron chi connectivity index (χ0n) is 14.0. The summed E-state index contributed by atoms with van der Waals surface area (Å²) >= 11 is 0. The SMILES string of the molecule is O=C(Nc1cc(F)cc(F)c1)N1CCN(S(=O)(=O)N2CCOCC2)CC1. The Balaban J connectivity index is 1.56. The van der Waals surface area contributed by atoms with Crippen molar-refractivity contribution in [1.29, 1.82) is 0 Å². The Morgan fingerprint density at radius 2 is 1.46 bits per heavy atom. The summed E-state index contributed by atoms with van der Waals surface area (Å²) in [5.74, 6) is -1.58. The van der Waals surface area contributed by atoms with Crippen LogP contribution < -0.4 is 5.32 Å². The van der Waals surface area contributed by atoms with Crippen LogP contribution in [0.25, 0.3) is 0 Å². The van der Waals surface area contributed by atoms with Crippen molar-refractivity contribution in [2.24, 2.45) is 0 Å². The summed E-state index contributed by atoms with van der Waals surface area (Å²) in [6.07, 6.45) is 0. The highest BCUT2D eigenvalue weighted by Crippen LogP contribution is 2.16. The normalized spacial score (nSPS) is 20.2. The van der Waals surface area contributed by atoms with Crippen LogP contribution in [-0.4, -0.2) is 80.4 Å². The lowest BCUT2D eigenvalue weighted by Gasteiger charge is -2.37. The average Bonchev–Trinajstić information content (AvgIpc) is 2.61. The van der Waals surface area contributed by atoms with E-state index in [-0.39, 0.29) is 31.9 Å². The number of amides is 2. The molecule has 2 aliphatic rings. The number of carbonyl (C=O) groups is 1. The smallest absolute Gasteiger partial charge is 0.321 e. The zero-order valence-corrected chi connectivity index (χ0v) is 14.8. The number of morpholine rings is 1. The molecule has 0 saturated carbocycles. The molecule has 0 atom stereocenters. The van der Waals surface area contributed by atoms with Crippen molar-refractivity contribution in [1.82, 2.24) is 13.5 Å². The maximum absolute atomic E-state index is 13.2. The molecule has 0 spiro atoms. The molecule has 144 valence electrons. The number of nitrogens with zero attached hydrogens (tertiary/aromatic N) is 3. The summed E-state index contributed by atoms with van der Waals surface area (Å²) in [4.78, 5) is 13.6. The van der Waals surface area contributed by atoms with Gasteiger partial charge in [0.25, 0.3) is 10.2 Å². The fourth-order valence-electron chi connectivity index (χ4n) is 2.89. The van der Waals surface area contributed by atoms with Crippen molar-refractivity contribution >= 4 is 21.9 Å². The summed E-state index contributed by atoms with van der Waals surface area (Å²) in [6, 6.07) is 2.21. The molecular weight excluding hydrogens is 370 g/mol. The van der Waals surface area contributed by atoms with Crippen LogP contribution in [0.2, 0.25) is 0 Å². The van der Waals surface area contributed by atoms with Crippen LogP contribution in [0.5, 0.6) is 0 Å². The van der Waals surface area contributed by atoms with Crippen molar-refractivity contribution in [3.8, 4) is 0 Å². The van der Waals surface area contributed by atoms with E-state index in [9.17, 15) is 22.0 Å². The van der Waals surface area contributed by atoms with E-state index in [4.69, 9.17) is 4.74 Å². The monoisotopic (exact) mass is 390 g/mol. The van der Waals surface area contributed by atoms with Gasteiger partial charge in [0.15, 0.2) is 0 Å². The van der Waals surface area contributed by atoms with Gasteiger partial charge < -0.3 is 15.0 Å². The van der Waals surface area contributed by atoms with Crippen molar-refractivity contribution in [2.75, 3.05) is 57.8 Å². The Morgan fingerprint density at radius 1 is 0.923 bits per heavy atom. The van der Waals surface area contributed by atoms with Crippen molar-refractivity contribution in [3.63, 3.8) is 0 Å². The fourth-order valence-corrected chi connectivity index (χ4v) is 4.45. The molecular formula is C15H20F2N4O4S. The number of nitrogens with one attached hydrogen (secondary N) is 1. The molecule has 26 heavy (non-hydrogen) atoms. The second-order valence-electron chi connectivity index (χ2n) is 5.99. The number of anilines is 1. The molecule has 8 nitrogen and oxygen atoms in total. The standard InChI is InChI=1S/C15H20F2N4O4S/c16-12-9-13(17)11-14(10-12)18-15(22)19-1-3-20(4-2-19)26(23,24)21-5-7-25-8-6-21/h9-11H,1-8H2,(H,18,22). The highest BCUT2D eigenvalue weighted by Gasteiger charge is 2.34. The first-order valence-corrected chi connectivity index (χ1v) is 9.61. The van der Waals surface area contributed by atoms with E-state index in [0.717, 1.165) is 12.1 Å². The van der Waals surface area contributed by atoms with E-state index in [1.165, 1.54) is 13.5 Å². The Hall–Kier alpha value is -1.82. The van der Waals surface area contributed by atoms with Gasteiger partial charge in [0.05, 0.1) is 13.2 Å². The highest BCUT2D eigenvalue weighted by atomic mass is 32.2. The lowest BCUT2D eigenvalue weighted by atomic mass is 10.3. The Labute approximate surface area is 150 Å². The van der Waals surface area contributed by atoms with E-state index in [0.29, 0.717) is 32.4 Å². The van der Waals surface area contributed by atoms with E-state index >= 15 is 0 Å². The summed E-state index contributed by atoms with van der Waals surface area (Å²) in [7, 11) is -3.58. The molecule has 0 aromatic heterocycles. The number of benzene rings is 1. The third-order valence-electron chi connectivity index (χ3n) is 4.26. The summed E-state index contributed by atoms with van der Waals surface area (Å²) in [6.45, 7) is 2.05. The lowest BCUT2D eigenvalue weighted by Crippen LogP contribution is -2.56. The Morgan fingerprint density at radius 3 is 2.04 bits per heavy atom. The van der Waals surface area contributed by atoms with Crippen LogP contribution in [0.1, 0.15) is 0 Å². The molecule has 2 saturated heterocycles. The minimum absolute atomic E-state index is 0.0101. The van der Waals surface area contributed by atoms with Gasteiger partial charge in [0, 0.05) is 51.0 Å². The summed E-state index contributed by atoms with van der Waals surface area (Å²) < 4.78 is 59.4. The van der Waals surface area contributed by atoms with Crippen molar-refractivity contribution in [2.45, 2.75) is 0 Å². The average molecular weight is 390 g/mol.